The fourth-order valence-electron chi connectivity index (χ4n) is 2.57. The summed E-state index contributed by atoms with van der Waals surface area (Å²) in [7, 11) is 2.84. The van der Waals surface area contributed by atoms with E-state index in [-0.39, 0.29) is 16.9 Å². The van der Waals surface area contributed by atoms with E-state index in [1.165, 1.54) is 13.2 Å². The summed E-state index contributed by atoms with van der Waals surface area (Å²) >= 11 is 0. The maximum Gasteiger partial charge on any atom is 0.341 e. The average molecular weight is 265 g/mol. The number of carbonyl (C=O) groups is 1. The third-order valence-electron chi connectivity index (χ3n) is 3.69. The van der Waals surface area contributed by atoms with Crippen molar-refractivity contribution in [2.45, 2.75) is 25.3 Å². The van der Waals surface area contributed by atoms with Gasteiger partial charge in [-0.3, -0.25) is 0 Å². The highest BCUT2D eigenvalue weighted by molar-refractivity contribution is 5.93. The molecule has 1 aromatic rings. The van der Waals surface area contributed by atoms with Gasteiger partial charge in [0, 0.05) is 17.2 Å². The van der Waals surface area contributed by atoms with Gasteiger partial charge in [0.15, 0.2) is 0 Å². The molecule has 0 amide bonds. The minimum Gasteiger partial charge on any atom is -0.507 e. The Morgan fingerprint density at radius 2 is 2.16 bits per heavy atom. The van der Waals surface area contributed by atoms with Crippen molar-refractivity contribution in [1.29, 1.82) is 0 Å². The third kappa shape index (κ3) is 2.38. The minimum atomic E-state index is -0.553. The summed E-state index contributed by atoms with van der Waals surface area (Å²) < 4.78 is 10.0. The maximum absolute atomic E-state index is 11.7. The number of hydrogen-bond donors (Lipinski definition) is 2. The average Bonchev–Trinajstić information content (AvgIpc) is 2.85. The normalized spacial score (nSPS) is 22.3. The highest BCUT2D eigenvalue weighted by Gasteiger charge is 2.34. The number of carbonyl (C=O) groups excluding carboxylic acids is 1. The summed E-state index contributed by atoms with van der Waals surface area (Å²) in [5, 5.41) is 13.3. The molecule has 2 N–H and O–H groups in total. The summed E-state index contributed by atoms with van der Waals surface area (Å²) in [6.45, 7) is 2.99. The van der Waals surface area contributed by atoms with Crippen molar-refractivity contribution in [1.82, 2.24) is 5.32 Å². The fraction of sp³-hybridized carbons (Fsp3) is 0.500. The molecule has 0 radical (unpaired) electrons. The van der Waals surface area contributed by atoms with Crippen LogP contribution in [0.5, 0.6) is 11.5 Å². The van der Waals surface area contributed by atoms with Crippen molar-refractivity contribution in [2.75, 3.05) is 20.8 Å². The lowest BCUT2D eigenvalue weighted by Gasteiger charge is -2.27. The van der Waals surface area contributed by atoms with E-state index in [1.807, 2.05) is 0 Å². The van der Waals surface area contributed by atoms with Crippen LogP contribution < -0.4 is 10.1 Å². The van der Waals surface area contributed by atoms with E-state index in [9.17, 15) is 9.90 Å². The zero-order valence-electron chi connectivity index (χ0n) is 11.4. The molecule has 1 aliphatic heterocycles. The van der Waals surface area contributed by atoms with E-state index in [4.69, 9.17) is 4.74 Å². The summed E-state index contributed by atoms with van der Waals surface area (Å²) in [6, 6.07) is 3.12. The molecule has 2 rings (SSSR count). The molecule has 1 aliphatic rings. The van der Waals surface area contributed by atoms with Crippen molar-refractivity contribution in [2.24, 2.45) is 0 Å². The molecular weight excluding hydrogens is 246 g/mol. The van der Waals surface area contributed by atoms with Gasteiger partial charge in [0.2, 0.25) is 0 Å². The molecule has 1 saturated heterocycles. The molecule has 104 valence electrons. The van der Waals surface area contributed by atoms with Gasteiger partial charge in [0.05, 0.1) is 14.2 Å². The number of esters is 1. The molecule has 1 fully saturated rings. The number of phenolic OH excluding ortho intramolecular Hbond substituents is 1. The number of phenols is 1. The predicted molar refractivity (Wildman–Crippen MR) is 70.6 cm³/mol. The Morgan fingerprint density at radius 1 is 1.42 bits per heavy atom. The highest BCUT2D eigenvalue weighted by atomic mass is 16.5. The van der Waals surface area contributed by atoms with E-state index in [1.54, 1.807) is 13.2 Å². The smallest absolute Gasteiger partial charge is 0.341 e. The molecule has 19 heavy (non-hydrogen) atoms. The van der Waals surface area contributed by atoms with Crippen LogP contribution in [0.4, 0.5) is 0 Å². The van der Waals surface area contributed by atoms with Crippen LogP contribution in [0.25, 0.3) is 0 Å². The van der Waals surface area contributed by atoms with E-state index in [0.29, 0.717) is 5.75 Å². The first-order valence-electron chi connectivity index (χ1n) is 6.26. The second-order valence-corrected chi connectivity index (χ2v) is 4.92. The predicted octanol–water partition coefficient (Wildman–Crippen LogP) is 1.79. The van der Waals surface area contributed by atoms with Gasteiger partial charge in [-0.1, -0.05) is 0 Å². The second kappa shape index (κ2) is 5.09. The summed E-state index contributed by atoms with van der Waals surface area (Å²) in [4.78, 5) is 11.7. The third-order valence-corrected chi connectivity index (χ3v) is 3.69. The number of aromatic hydroxyl groups is 1. The first-order chi connectivity index (χ1) is 9.01. The number of rotatable bonds is 3. The van der Waals surface area contributed by atoms with Crippen LogP contribution in [-0.4, -0.2) is 31.8 Å². The largest absolute Gasteiger partial charge is 0.507 e. The number of methoxy groups -OCH3 is 2. The van der Waals surface area contributed by atoms with Crippen LogP contribution in [0, 0.1) is 0 Å². The van der Waals surface area contributed by atoms with Gasteiger partial charge in [0.25, 0.3) is 0 Å². The lowest BCUT2D eigenvalue weighted by molar-refractivity contribution is 0.0597. The second-order valence-electron chi connectivity index (χ2n) is 4.92. The SMILES string of the molecule is COC(=O)c1cc(C2(C)CCCN2)c(OC)cc1O. The molecule has 5 heteroatoms. The van der Waals surface area contributed by atoms with Crippen LogP contribution in [-0.2, 0) is 10.3 Å². The van der Waals surface area contributed by atoms with Crippen molar-refractivity contribution < 1.29 is 19.4 Å². The quantitative estimate of drug-likeness (QED) is 0.815. The lowest BCUT2D eigenvalue weighted by atomic mass is 9.88. The molecule has 5 nitrogen and oxygen atoms in total. The number of benzene rings is 1. The number of nitrogens with one attached hydrogen (secondary N) is 1. The van der Waals surface area contributed by atoms with E-state index in [2.05, 4.69) is 17.0 Å². The Balaban J connectivity index is 2.54. The number of ether oxygens (including phenoxy) is 2. The Morgan fingerprint density at radius 3 is 2.68 bits per heavy atom. The Hall–Kier alpha value is -1.75. The molecule has 0 aliphatic carbocycles. The molecule has 0 bridgehead atoms. The van der Waals surface area contributed by atoms with Crippen LogP contribution in [0.3, 0.4) is 0 Å². The van der Waals surface area contributed by atoms with Gasteiger partial charge in [-0.2, -0.15) is 0 Å². The topological polar surface area (TPSA) is 67.8 Å². The van der Waals surface area contributed by atoms with Crippen LogP contribution in [0.2, 0.25) is 0 Å². The monoisotopic (exact) mass is 265 g/mol. The van der Waals surface area contributed by atoms with Crippen molar-refractivity contribution in [3.8, 4) is 11.5 Å². The van der Waals surface area contributed by atoms with Gasteiger partial charge in [-0.05, 0) is 32.4 Å². The molecule has 1 atom stereocenters. The van der Waals surface area contributed by atoms with Gasteiger partial charge < -0.3 is 19.9 Å². The first kappa shape index (κ1) is 13.7. The van der Waals surface area contributed by atoms with Crippen molar-refractivity contribution in [3.63, 3.8) is 0 Å². The Bertz CT molecular complexity index is 492. The number of hydrogen-bond acceptors (Lipinski definition) is 5. The highest BCUT2D eigenvalue weighted by Crippen LogP contribution is 2.39. The Kier molecular flexibility index (Phi) is 3.66. The van der Waals surface area contributed by atoms with Gasteiger partial charge in [-0.25, -0.2) is 4.79 Å². The fourth-order valence-corrected chi connectivity index (χ4v) is 2.57. The van der Waals surface area contributed by atoms with Crippen molar-refractivity contribution >= 4 is 5.97 Å². The maximum atomic E-state index is 11.7. The van der Waals surface area contributed by atoms with Gasteiger partial charge in [-0.15, -0.1) is 0 Å². The molecular formula is C14H19NO4. The minimum absolute atomic E-state index is 0.131. The van der Waals surface area contributed by atoms with E-state index in [0.717, 1.165) is 24.9 Å². The molecule has 0 spiro atoms. The van der Waals surface area contributed by atoms with Gasteiger partial charge in [0.1, 0.15) is 17.1 Å². The lowest BCUT2D eigenvalue weighted by Crippen LogP contribution is -2.33. The zero-order valence-corrected chi connectivity index (χ0v) is 11.4. The standard InChI is InChI=1S/C14H19NO4/c1-14(5-4-6-15-14)10-7-9(13(17)19-3)11(16)8-12(10)18-2/h7-8,15-16H,4-6H2,1-3H3. The first-order valence-corrected chi connectivity index (χ1v) is 6.26. The summed E-state index contributed by atoms with van der Waals surface area (Å²) in [5.41, 5.74) is 0.779. The van der Waals surface area contributed by atoms with Gasteiger partial charge >= 0.3 is 5.97 Å². The van der Waals surface area contributed by atoms with Crippen LogP contribution >= 0.6 is 0 Å². The molecule has 0 saturated carbocycles. The van der Waals surface area contributed by atoms with Crippen LogP contribution in [0.15, 0.2) is 12.1 Å². The molecule has 1 heterocycles. The molecule has 0 aromatic heterocycles. The Labute approximate surface area is 112 Å². The molecule has 1 unspecified atom stereocenters. The molecule has 1 aromatic carbocycles. The van der Waals surface area contributed by atoms with E-state index < -0.39 is 5.97 Å². The zero-order chi connectivity index (χ0) is 14.0. The van der Waals surface area contributed by atoms with Crippen molar-refractivity contribution in [3.05, 3.63) is 23.3 Å². The summed E-state index contributed by atoms with van der Waals surface area (Å²) in [5.74, 6) is -0.112. The van der Waals surface area contributed by atoms with E-state index >= 15 is 0 Å². The summed E-state index contributed by atoms with van der Waals surface area (Å²) in [6.07, 6.45) is 2.02. The van der Waals surface area contributed by atoms with Crippen LogP contribution in [0.1, 0.15) is 35.7 Å².